The first-order valence-corrected chi connectivity index (χ1v) is 7.80. The molecule has 0 N–H and O–H groups in total. The number of halogens is 1. The van der Waals surface area contributed by atoms with Crippen molar-refractivity contribution in [3.63, 3.8) is 0 Å². The van der Waals surface area contributed by atoms with Crippen LogP contribution in [0, 0.1) is 0 Å². The molecule has 1 unspecified atom stereocenters. The number of fused-ring (bicyclic) bond motifs is 1. The molecule has 0 spiro atoms. The normalized spacial score (nSPS) is 14.6. The molecule has 2 aromatic rings. The predicted molar refractivity (Wildman–Crippen MR) is 86.9 cm³/mol. The quantitative estimate of drug-likeness (QED) is 0.782. The first-order chi connectivity index (χ1) is 9.30. The van der Waals surface area contributed by atoms with E-state index in [1.165, 1.54) is 0 Å². The summed E-state index contributed by atoms with van der Waals surface area (Å²) >= 11 is 6.15. The van der Waals surface area contributed by atoms with E-state index in [4.69, 9.17) is 11.6 Å². The molecule has 1 heterocycles. The van der Waals surface area contributed by atoms with Crippen LogP contribution in [0.2, 0.25) is 5.02 Å². The zero-order chi connectivity index (χ0) is 14.9. The van der Waals surface area contributed by atoms with Crippen LogP contribution in [0.4, 0.5) is 0 Å². The lowest BCUT2D eigenvalue weighted by Gasteiger charge is -2.14. The summed E-state index contributed by atoms with van der Waals surface area (Å²) in [7, 11) is -1.30. The number of benzene rings is 1. The van der Waals surface area contributed by atoms with Crippen LogP contribution in [0.3, 0.4) is 0 Å². The van der Waals surface area contributed by atoms with E-state index in [9.17, 15) is 4.21 Å². The van der Waals surface area contributed by atoms with Crippen LogP contribution in [0.5, 0.6) is 0 Å². The first-order valence-electron chi connectivity index (χ1n) is 6.31. The molecular formula is C15H17ClN2OS. The summed E-state index contributed by atoms with van der Waals surface area (Å²) in [6, 6.07) is 7.75. The number of rotatable bonds is 2. The third-order valence-corrected chi connectivity index (χ3v) is 4.62. The van der Waals surface area contributed by atoms with Crippen LogP contribution in [-0.4, -0.2) is 19.7 Å². The van der Waals surface area contributed by atoms with Gasteiger partial charge in [0.05, 0.1) is 21.2 Å². The summed E-state index contributed by atoms with van der Waals surface area (Å²) < 4.78 is 16.0. The van der Waals surface area contributed by atoms with E-state index in [0.29, 0.717) is 10.7 Å². The average Bonchev–Trinajstić information content (AvgIpc) is 2.38. The highest BCUT2D eigenvalue weighted by Gasteiger charge is 2.20. The zero-order valence-corrected chi connectivity index (χ0v) is 13.5. The second-order valence-corrected chi connectivity index (χ2v) is 7.85. The lowest BCUT2D eigenvalue weighted by atomic mass is 10.1. The molecule has 0 aliphatic carbocycles. The van der Waals surface area contributed by atoms with Crippen molar-refractivity contribution in [2.75, 3.05) is 0 Å². The van der Waals surface area contributed by atoms with Gasteiger partial charge in [-0.2, -0.15) is 4.40 Å². The molecule has 3 nitrogen and oxygen atoms in total. The summed E-state index contributed by atoms with van der Waals surface area (Å²) in [4.78, 5) is 4.34. The second kappa shape index (κ2) is 5.62. The Morgan fingerprint density at radius 3 is 2.45 bits per heavy atom. The van der Waals surface area contributed by atoms with Crippen molar-refractivity contribution in [1.29, 1.82) is 0 Å². The topological polar surface area (TPSA) is 42.3 Å². The van der Waals surface area contributed by atoms with Gasteiger partial charge < -0.3 is 0 Å². The van der Waals surface area contributed by atoms with E-state index >= 15 is 0 Å². The van der Waals surface area contributed by atoms with Gasteiger partial charge in [0.2, 0.25) is 0 Å². The SMILES string of the molecule is C/C(=N\S(=O)C(C)(C)C)c1ncc(Cl)c2ccccc12. The Balaban J connectivity index is 2.57. The fourth-order valence-electron chi connectivity index (χ4n) is 1.75. The number of aromatic nitrogens is 1. The van der Waals surface area contributed by atoms with Gasteiger partial charge in [0, 0.05) is 17.0 Å². The molecule has 0 fully saturated rings. The highest BCUT2D eigenvalue weighted by molar-refractivity contribution is 7.85. The Morgan fingerprint density at radius 1 is 1.25 bits per heavy atom. The number of nitrogens with zero attached hydrogens (tertiary/aromatic N) is 2. The second-order valence-electron chi connectivity index (χ2n) is 5.54. The highest BCUT2D eigenvalue weighted by Crippen LogP contribution is 2.25. The van der Waals surface area contributed by atoms with Gasteiger partial charge in [0.15, 0.2) is 0 Å². The van der Waals surface area contributed by atoms with Crippen LogP contribution in [0.1, 0.15) is 33.4 Å². The van der Waals surface area contributed by atoms with Crippen molar-refractivity contribution >= 4 is 39.1 Å². The molecular weight excluding hydrogens is 292 g/mol. The van der Waals surface area contributed by atoms with Gasteiger partial charge in [-0.15, -0.1) is 0 Å². The largest absolute Gasteiger partial charge is 0.253 e. The van der Waals surface area contributed by atoms with E-state index < -0.39 is 11.0 Å². The lowest BCUT2D eigenvalue weighted by molar-refractivity contribution is 0.650. The van der Waals surface area contributed by atoms with E-state index in [0.717, 1.165) is 16.5 Å². The van der Waals surface area contributed by atoms with Crippen molar-refractivity contribution in [2.24, 2.45) is 4.40 Å². The Bertz CT molecular complexity index is 705. The standard InChI is InChI=1S/C15H17ClN2OS/c1-10(18-20(19)15(2,3)4)14-12-8-6-5-7-11(12)13(16)9-17-14/h5-9H,1-4H3/b18-10+. The maximum Gasteiger partial charge on any atom is 0.145 e. The fourth-order valence-corrected chi connectivity index (χ4v) is 2.57. The van der Waals surface area contributed by atoms with Crippen LogP contribution in [0.25, 0.3) is 10.8 Å². The van der Waals surface area contributed by atoms with Gasteiger partial charge in [-0.1, -0.05) is 35.9 Å². The van der Waals surface area contributed by atoms with Crippen molar-refractivity contribution in [3.05, 3.63) is 41.2 Å². The molecule has 106 valence electrons. The third kappa shape index (κ3) is 3.07. The van der Waals surface area contributed by atoms with Crippen LogP contribution < -0.4 is 0 Å². The number of pyridine rings is 1. The average molecular weight is 309 g/mol. The fraction of sp³-hybridized carbons (Fsp3) is 0.333. The van der Waals surface area contributed by atoms with Crippen molar-refractivity contribution in [1.82, 2.24) is 4.98 Å². The molecule has 20 heavy (non-hydrogen) atoms. The molecule has 1 atom stereocenters. The molecule has 0 saturated heterocycles. The zero-order valence-electron chi connectivity index (χ0n) is 12.0. The van der Waals surface area contributed by atoms with Crippen molar-refractivity contribution in [2.45, 2.75) is 32.4 Å². The van der Waals surface area contributed by atoms with Crippen LogP contribution >= 0.6 is 11.6 Å². The van der Waals surface area contributed by atoms with E-state index in [1.807, 2.05) is 52.0 Å². The Labute approximate surface area is 126 Å². The van der Waals surface area contributed by atoms with E-state index in [1.54, 1.807) is 6.20 Å². The maximum absolute atomic E-state index is 12.1. The molecule has 0 aliphatic heterocycles. The lowest BCUT2D eigenvalue weighted by Crippen LogP contribution is -2.20. The smallest absolute Gasteiger partial charge is 0.145 e. The molecule has 5 heteroatoms. The predicted octanol–water partition coefficient (Wildman–Crippen LogP) is 4.16. The minimum atomic E-state index is -1.30. The number of hydrogen-bond donors (Lipinski definition) is 0. The van der Waals surface area contributed by atoms with Crippen LogP contribution in [0.15, 0.2) is 34.9 Å². The van der Waals surface area contributed by atoms with E-state index in [2.05, 4.69) is 9.38 Å². The highest BCUT2D eigenvalue weighted by atomic mass is 35.5. The van der Waals surface area contributed by atoms with Gasteiger partial charge in [0.25, 0.3) is 0 Å². The molecule has 1 aromatic carbocycles. The molecule has 0 aliphatic rings. The van der Waals surface area contributed by atoms with Gasteiger partial charge in [-0.25, -0.2) is 4.21 Å². The Morgan fingerprint density at radius 2 is 1.85 bits per heavy atom. The minimum Gasteiger partial charge on any atom is -0.253 e. The van der Waals surface area contributed by atoms with Gasteiger partial charge in [0.1, 0.15) is 11.0 Å². The summed E-state index contributed by atoms with van der Waals surface area (Å²) in [6.07, 6.45) is 1.61. The van der Waals surface area contributed by atoms with Gasteiger partial charge in [-0.05, 0) is 27.7 Å². The van der Waals surface area contributed by atoms with E-state index in [-0.39, 0.29) is 4.75 Å². The van der Waals surface area contributed by atoms with Crippen molar-refractivity contribution in [3.8, 4) is 0 Å². The van der Waals surface area contributed by atoms with Gasteiger partial charge >= 0.3 is 0 Å². The number of hydrogen-bond acceptors (Lipinski definition) is 2. The molecule has 0 bridgehead atoms. The van der Waals surface area contributed by atoms with Crippen molar-refractivity contribution < 1.29 is 4.21 Å². The maximum atomic E-state index is 12.1. The molecule has 0 radical (unpaired) electrons. The molecule has 0 amide bonds. The third-order valence-electron chi connectivity index (χ3n) is 2.83. The molecule has 2 rings (SSSR count). The summed E-state index contributed by atoms with van der Waals surface area (Å²) in [5.41, 5.74) is 1.38. The minimum absolute atomic E-state index is 0.385. The van der Waals surface area contributed by atoms with Gasteiger partial charge in [-0.3, -0.25) is 4.98 Å². The Hall–Kier alpha value is -1.26. The van der Waals surface area contributed by atoms with Crippen LogP contribution in [-0.2, 0) is 11.0 Å². The summed E-state index contributed by atoms with van der Waals surface area (Å²) in [6.45, 7) is 7.51. The monoisotopic (exact) mass is 308 g/mol. The Kier molecular flexibility index (Phi) is 4.25. The first kappa shape index (κ1) is 15.1. The summed E-state index contributed by atoms with van der Waals surface area (Å²) in [5.74, 6) is 0. The molecule has 1 aromatic heterocycles. The summed E-state index contributed by atoms with van der Waals surface area (Å²) in [5, 5.41) is 2.46. The molecule has 0 saturated carbocycles.